The summed E-state index contributed by atoms with van der Waals surface area (Å²) >= 11 is 0. The molecule has 1 atom stereocenters. The Hall–Kier alpha value is -1.80. The Morgan fingerprint density at radius 3 is 2.04 bits per heavy atom. The molecular weight excluding hydrogens is 282 g/mol. The number of rotatable bonds is 4. The topological polar surface area (TPSA) is 12.5 Å². The zero-order chi connectivity index (χ0) is 16.4. The molecule has 1 aliphatic heterocycles. The summed E-state index contributed by atoms with van der Waals surface area (Å²) in [5, 5.41) is 0. The minimum atomic E-state index is -0.000192. The molecule has 23 heavy (non-hydrogen) atoms. The first-order chi connectivity index (χ1) is 10.9. The molecule has 0 radical (unpaired) electrons. The Morgan fingerprint density at radius 2 is 1.52 bits per heavy atom. The maximum atomic E-state index is 6.09. The molecule has 2 aromatic carbocycles. The Balaban J connectivity index is 1.74. The number of benzene rings is 2. The summed E-state index contributed by atoms with van der Waals surface area (Å²) in [6.07, 6.45) is 1.45. The first-order valence-corrected chi connectivity index (χ1v) is 8.48. The van der Waals surface area contributed by atoms with Gasteiger partial charge in [-0.2, -0.15) is 0 Å². The van der Waals surface area contributed by atoms with Gasteiger partial charge >= 0.3 is 0 Å². The van der Waals surface area contributed by atoms with Crippen molar-refractivity contribution in [1.82, 2.24) is 4.90 Å². The zero-order valence-electron chi connectivity index (χ0n) is 14.7. The third-order valence-electron chi connectivity index (χ3n) is 5.00. The molecule has 3 rings (SSSR count). The first kappa shape index (κ1) is 16.1. The van der Waals surface area contributed by atoms with E-state index in [4.69, 9.17) is 4.74 Å². The van der Waals surface area contributed by atoms with Crippen molar-refractivity contribution in [2.24, 2.45) is 0 Å². The van der Waals surface area contributed by atoms with Crippen LogP contribution >= 0.6 is 0 Å². The fraction of sp³-hybridized carbons (Fsp3) is 0.429. The van der Waals surface area contributed by atoms with Crippen LogP contribution in [0.2, 0.25) is 0 Å². The van der Waals surface area contributed by atoms with E-state index in [1.807, 2.05) is 0 Å². The number of likely N-dealkylation sites (N-methyl/N-ethyl adjacent to an activating group) is 1. The summed E-state index contributed by atoms with van der Waals surface area (Å²) in [7, 11) is 2.15. The highest BCUT2D eigenvalue weighted by molar-refractivity contribution is 5.40. The van der Waals surface area contributed by atoms with Crippen LogP contribution in [0.25, 0.3) is 0 Å². The smallest absolute Gasteiger partial charge is 0.119 e. The molecule has 2 aromatic rings. The highest BCUT2D eigenvalue weighted by atomic mass is 16.5. The lowest BCUT2D eigenvalue weighted by molar-refractivity contribution is 0.208. The van der Waals surface area contributed by atoms with Gasteiger partial charge in [-0.05, 0) is 43.7 Å². The lowest BCUT2D eigenvalue weighted by Crippen LogP contribution is -2.21. The van der Waals surface area contributed by atoms with E-state index < -0.39 is 0 Å². The summed E-state index contributed by atoms with van der Waals surface area (Å²) in [5.74, 6) is 0.980. The van der Waals surface area contributed by atoms with Gasteiger partial charge in [-0.25, -0.2) is 0 Å². The molecule has 0 aromatic heterocycles. The van der Waals surface area contributed by atoms with E-state index in [-0.39, 0.29) is 5.41 Å². The molecule has 0 aliphatic carbocycles. The maximum absolute atomic E-state index is 6.09. The van der Waals surface area contributed by atoms with Crippen LogP contribution in [0.1, 0.15) is 37.0 Å². The van der Waals surface area contributed by atoms with Gasteiger partial charge in [0.15, 0.2) is 0 Å². The monoisotopic (exact) mass is 309 g/mol. The van der Waals surface area contributed by atoms with Crippen LogP contribution in [0.4, 0.5) is 0 Å². The molecule has 1 aliphatic rings. The van der Waals surface area contributed by atoms with Gasteiger partial charge in [0.2, 0.25) is 0 Å². The lowest BCUT2D eigenvalue weighted by Gasteiger charge is -2.26. The maximum Gasteiger partial charge on any atom is 0.119 e. The molecule has 2 heteroatoms. The van der Waals surface area contributed by atoms with Crippen LogP contribution < -0.4 is 4.74 Å². The van der Waals surface area contributed by atoms with Crippen molar-refractivity contribution in [2.45, 2.75) is 38.7 Å². The van der Waals surface area contributed by atoms with Crippen molar-refractivity contribution in [2.75, 3.05) is 20.1 Å². The van der Waals surface area contributed by atoms with Crippen LogP contribution in [0, 0.1) is 6.92 Å². The van der Waals surface area contributed by atoms with E-state index in [2.05, 4.69) is 81.2 Å². The van der Waals surface area contributed by atoms with Crippen molar-refractivity contribution in [3.63, 3.8) is 0 Å². The van der Waals surface area contributed by atoms with Gasteiger partial charge in [-0.3, -0.25) is 0 Å². The molecule has 0 amide bonds. The minimum Gasteiger partial charge on any atom is -0.489 e. The summed E-state index contributed by atoms with van der Waals surface area (Å²) < 4.78 is 6.09. The average Bonchev–Trinajstić information content (AvgIpc) is 2.93. The van der Waals surface area contributed by atoms with Gasteiger partial charge in [-0.15, -0.1) is 0 Å². The Morgan fingerprint density at radius 1 is 0.957 bits per heavy atom. The number of nitrogens with zero attached hydrogens (tertiary/aromatic N) is 1. The second-order valence-electron chi connectivity index (χ2n) is 7.31. The fourth-order valence-corrected chi connectivity index (χ4v) is 3.27. The van der Waals surface area contributed by atoms with E-state index in [0.717, 1.165) is 25.3 Å². The molecule has 0 saturated carbocycles. The molecule has 0 spiro atoms. The fourth-order valence-electron chi connectivity index (χ4n) is 3.27. The third-order valence-corrected chi connectivity index (χ3v) is 5.00. The van der Waals surface area contributed by atoms with Crippen LogP contribution in [0.3, 0.4) is 0 Å². The molecule has 0 bridgehead atoms. The SMILES string of the molecule is Cc1ccc(C(C)(C)c2ccc(OC3CCN(C)C3)cc2)cc1. The normalized spacial score (nSPS) is 19.0. The second kappa shape index (κ2) is 6.37. The number of likely N-dealkylation sites (tertiary alicyclic amines) is 1. The number of aryl methyl sites for hydroxylation is 1. The molecular formula is C21H27NO. The molecule has 122 valence electrons. The zero-order valence-corrected chi connectivity index (χ0v) is 14.7. The van der Waals surface area contributed by atoms with Crippen molar-refractivity contribution in [3.05, 3.63) is 65.2 Å². The molecule has 1 unspecified atom stereocenters. The minimum absolute atomic E-state index is 0.000192. The van der Waals surface area contributed by atoms with Gasteiger partial charge in [-0.1, -0.05) is 55.8 Å². The van der Waals surface area contributed by atoms with Crippen molar-refractivity contribution in [3.8, 4) is 5.75 Å². The summed E-state index contributed by atoms with van der Waals surface area (Å²) in [5.41, 5.74) is 3.96. The lowest BCUT2D eigenvalue weighted by atomic mass is 9.78. The second-order valence-corrected chi connectivity index (χ2v) is 7.31. The number of ether oxygens (including phenoxy) is 1. The van der Waals surface area contributed by atoms with Crippen LogP contribution in [0.15, 0.2) is 48.5 Å². The molecule has 2 nitrogen and oxygen atoms in total. The van der Waals surface area contributed by atoms with Gasteiger partial charge in [0.25, 0.3) is 0 Å². The largest absolute Gasteiger partial charge is 0.489 e. The van der Waals surface area contributed by atoms with Gasteiger partial charge < -0.3 is 9.64 Å². The predicted octanol–water partition coefficient (Wildman–Crippen LogP) is 4.40. The number of hydrogen-bond acceptors (Lipinski definition) is 2. The van der Waals surface area contributed by atoms with Crippen LogP contribution in [0.5, 0.6) is 5.75 Å². The molecule has 0 N–H and O–H groups in total. The van der Waals surface area contributed by atoms with Crippen molar-refractivity contribution >= 4 is 0 Å². The number of hydrogen-bond donors (Lipinski definition) is 0. The quantitative estimate of drug-likeness (QED) is 0.830. The molecule has 1 saturated heterocycles. The Labute approximate surface area is 140 Å². The predicted molar refractivity (Wildman–Crippen MR) is 96.3 cm³/mol. The summed E-state index contributed by atoms with van der Waals surface area (Å²) in [6.45, 7) is 8.84. The van der Waals surface area contributed by atoms with Gasteiger partial charge in [0.1, 0.15) is 11.9 Å². The van der Waals surface area contributed by atoms with E-state index >= 15 is 0 Å². The van der Waals surface area contributed by atoms with E-state index in [9.17, 15) is 0 Å². The average molecular weight is 309 g/mol. The molecule has 1 fully saturated rings. The Kier molecular flexibility index (Phi) is 4.45. The van der Waals surface area contributed by atoms with Crippen LogP contribution in [-0.2, 0) is 5.41 Å². The standard InChI is InChI=1S/C21H27NO/c1-16-5-7-17(8-6-16)21(2,3)18-9-11-19(12-10-18)23-20-13-14-22(4)15-20/h5-12,20H,13-15H2,1-4H3. The third kappa shape index (κ3) is 3.59. The Bertz CT molecular complexity index is 643. The van der Waals surface area contributed by atoms with Crippen molar-refractivity contribution in [1.29, 1.82) is 0 Å². The van der Waals surface area contributed by atoms with E-state index in [1.54, 1.807) is 0 Å². The first-order valence-electron chi connectivity index (χ1n) is 8.48. The summed E-state index contributed by atoms with van der Waals surface area (Å²) in [6, 6.07) is 17.5. The highest BCUT2D eigenvalue weighted by Crippen LogP contribution is 2.32. The van der Waals surface area contributed by atoms with Gasteiger partial charge in [0, 0.05) is 18.5 Å². The van der Waals surface area contributed by atoms with Crippen LogP contribution in [-0.4, -0.2) is 31.1 Å². The summed E-state index contributed by atoms with van der Waals surface area (Å²) in [4.78, 5) is 2.32. The molecule has 1 heterocycles. The highest BCUT2D eigenvalue weighted by Gasteiger charge is 2.24. The van der Waals surface area contributed by atoms with E-state index in [1.165, 1.54) is 16.7 Å². The van der Waals surface area contributed by atoms with Crippen molar-refractivity contribution < 1.29 is 4.74 Å². The van der Waals surface area contributed by atoms with E-state index in [0.29, 0.717) is 6.10 Å². The van der Waals surface area contributed by atoms with Gasteiger partial charge in [0.05, 0.1) is 0 Å².